The van der Waals surface area contributed by atoms with E-state index in [2.05, 4.69) is 42.8 Å². The lowest BCUT2D eigenvalue weighted by atomic mass is 9.61. The lowest BCUT2D eigenvalue weighted by Crippen LogP contribution is -2.46. The zero-order valence-corrected chi connectivity index (χ0v) is 14.8. The fraction of sp³-hybridized carbons (Fsp3) is 0.471. The zero-order chi connectivity index (χ0) is 15.2. The molecule has 3 heterocycles. The summed E-state index contributed by atoms with van der Waals surface area (Å²) in [6, 6.07) is 4.94. The molecule has 0 aliphatic heterocycles. The van der Waals surface area contributed by atoms with Gasteiger partial charge < -0.3 is 10.3 Å². The number of nitrogens with zero attached hydrogens (tertiary/aromatic N) is 3. The van der Waals surface area contributed by atoms with Crippen LogP contribution in [0.4, 0.5) is 5.82 Å². The number of thiophene rings is 1. The monoisotopic (exact) mass is 361 g/mol. The van der Waals surface area contributed by atoms with E-state index in [4.69, 9.17) is 0 Å². The average Bonchev–Trinajstić information content (AvgIpc) is 3.28. The van der Waals surface area contributed by atoms with E-state index in [1.54, 1.807) is 12.7 Å². The Morgan fingerprint density at radius 2 is 1.92 bits per heavy atom. The largest absolute Gasteiger partial charge is 0.365 e. The fourth-order valence-corrected chi connectivity index (χ4v) is 5.55. The predicted molar refractivity (Wildman–Crippen MR) is 98.9 cm³/mol. The number of fused-ring (bicyclic) bond motifs is 4. The van der Waals surface area contributed by atoms with E-state index < -0.39 is 0 Å². The van der Waals surface area contributed by atoms with E-state index >= 15 is 0 Å². The van der Waals surface area contributed by atoms with Crippen LogP contribution in [0.2, 0.25) is 0 Å². The van der Waals surface area contributed by atoms with Gasteiger partial charge in [0, 0.05) is 16.8 Å². The molecule has 3 aliphatic carbocycles. The standard InChI is InChI=1S/C17H19N5S.ClH/c1-2-12(23-7-1)13-10-3-5-11(6-4-10)14(13)22-17-15-16(19-8-18-15)20-9-21-17;/h1-2,7-11,13-14H,3-6H2,(H2,18,19,20,21,22);1H. The first-order valence-electron chi connectivity index (χ1n) is 8.34. The van der Waals surface area contributed by atoms with E-state index in [1.165, 1.54) is 30.6 Å². The number of nitrogens with one attached hydrogen (secondary N) is 2. The van der Waals surface area contributed by atoms with Crippen molar-refractivity contribution in [2.45, 2.75) is 37.6 Å². The molecule has 24 heavy (non-hydrogen) atoms. The number of aromatic nitrogens is 4. The molecule has 6 rings (SSSR count). The highest BCUT2D eigenvalue weighted by Crippen LogP contribution is 2.51. The van der Waals surface area contributed by atoms with Crippen LogP contribution in [0, 0.1) is 11.8 Å². The number of aromatic amines is 1. The van der Waals surface area contributed by atoms with Crippen molar-refractivity contribution in [2.75, 3.05) is 5.32 Å². The van der Waals surface area contributed by atoms with E-state index in [0.29, 0.717) is 12.0 Å². The predicted octanol–water partition coefficient (Wildman–Crippen LogP) is 4.22. The summed E-state index contributed by atoms with van der Waals surface area (Å²) in [5, 5.41) is 5.96. The smallest absolute Gasteiger partial charge is 0.182 e. The minimum absolute atomic E-state index is 0. The molecule has 0 spiro atoms. The molecule has 2 atom stereocenters. The van der Waals surface area contributed by atoms with Crippen LogP contribution in [0.25, 0.3) is 11.2 Å². The SMILES string of the molecule is Cl.c1csc(C2C3CCC(CC3)C2Nc2ncnc3nc[nH]c23)c1. The number of hydrogen-bond acceptors (Lipinski definition) is 5. The van der Waals surface area contributed by atoms with Crippen molar-refractivity contribution in [3.05, 3.63) is 35.0 Å². The molecule has 2 bridgehead atoms. The highest BCUT2D eigenvalue weighted by atomic mass is 35.5. The van der Waals surface area contributed by atoms with Gasteiger partial charge in [-0.2, -0.15) is 0 Å². The maximum atomic E-state index is 4.48. The molecule has 3 fully saturated rings. The second-order valence-electron chi connectivity index (χ2n) is 6.71. The molecule has 0 amide bonds. The molecule has 5 nitrogen and oxygen atoms in total. The van der Waals surface area contributed by atoms with Gasteiger partial charge >= 0.3 is 0 Å². The van der Waals surface area contributed by atoms with Crippen LogP contribution < -0.4 is 5.32 Å². The van der Waals surface area contributed by atoms with Crippen molar-refractivity contribution < 1.29 is 0 Å². The Hall–Kier alpha value is -1.66. The van der Waals surface area contributed by atoms with Gasteiger partial charge in [-0.15, -0.1) is 23.7 Å². The van der Waals surface area contributed by atoms with Gasteiger partial charge in [-0.3, -0.25) is 0 Å². The number of imidazole rings is 1. The summed E-state index contributed by atoms with van der Waals surface area (Å²) < 4.78 is 0. The Labute approximate surface area is 150 Å². The molecular formula is C17H20ClN5S. The van der Waals surface area contributed by atoms with Gasteiger partial charge in [0.25, 0.3) is 0 Å². The van der Waals surface area contributed by atoms with Crippen LogP contribution in [0.5, 0.6) is 0 Å². The fourth-order valence-electron chi connectivity index (χ4n) is 4.58. The molecule has 2 N–H and O–H groups in total. The molecule has 3 aliphatic rings. The van der Waals surface area contributed by atoms with Crippen molar-refractivity contribution in [1.82, 2.24) is 19.9 Å². The molecule has 3 saturated carbocycles. The minimum atomic E-state index is 0. The third kappa shape index (κ3) is 2.48. The van der Waals surface area contributed by atoms with Crippen LogP contribution in [-0.4, -0.2) is 26.0 Å². The Morgan fingerprint density at radius 3 is 2.71 bits per heavy atom. The molecule has 3 aromatic heterocycles. The average molecular weight is 362 g/mol. The molecule has 7 heteroatoms. The molecule has 0 aromatic carbocycles. The first-order chi connectivity index (χ1) is 11.4. The summed E-state index contributed by atoms with van der Waals surface area (Å²) in [7, 11) is 0. The van der Waals surface area contributed by atoms with Crippen molar-refractivity contribution >= 4 is 40.7 Å². The number of anilines is 1. The molecule has 0 radical (unpaired) electrons. The van der Waals surface area contributed by atoms with Gasteiger partial charge in [0.2, 0.25) is 0 Å². The number of H-pyrrole nitrogens is 1. The summed E-state index contributed by atoms with van der Waals surface area (Å²) in [4.78, 5) is 17.6. The Bertz CT molecular complexity index is 809. The van der Waals surface area contributed by atoms with Crippen LogP contribution in [-0.2, 0) is 0 Å². The molecule has 126 valence electrons. The van der Waals surface area contributed by atoms with Crippen LogP contribution in [0.1, 0.15) is 36.5 Å². The van der Waals surface area contributed by atoms with Crippen molar-refractivity contribution in [3.8, 4) is 0 Å². The van der Waals surface area contributed by atoms with Gasteiger partial charge in [-0.25, -0.2) is 15.0 Å². The first-order valence-corrected chi connectivity index (χ1v) is 9.22. The van der Waals surface area contributed by atoms with Gasteiger partial charge in [-0.1, -0.05) is 6.07 Å². The van der Waals surface area contributed by atoms with Gasteiger partial charge in [0.05, 0.1) is 6.33 Å². The lowest BCUT2D eigenvalue weighted by Gasteiger charge is -2.48. The lowest BCUT2D eigenvalue weighted by molar-refractivity contribution is 0.128. The third-order valence-corrected chi connectivity index (χ3v) is 6.59. The van der Waals surface area contributed by atoms with Gasteiger partial charge in [0.1, 0.15) is 11.8 Å². The third-order valence-electron chi connectivity index (χ3n) is 5.62. The second kappa shape index (κ2) is 6.33. The summed E-state index contributed by atoms with van der Waals surface area (Å²) >= 11 is 1.90. The first kappa shape index (κ1) is 15.8. The van der Waals surface area contributed by atoms with E-state index in [-0.39, 0.29) is 12.4 Å². The van der Waals surface area contributed by atoms with Crippen molar-refractivity contribution in [2.24, 2.45) is 11.8 Å². The Kier molecular flexibility index (Phi) is 4.18. The second-order valence-corrected chi connectivity index (χ2v) is 7.69. The van der Waals surface area contributed by atoms with Crippen molar-refractivity contribution in [1.29, 1.82) is 0 Å². The number of halogens is 1. The summed E-state index contributed by atoms with van der Waals surface area (Å²) in [5.41, 5.74) is 1.65. The summed E-state index contributed by atoms with van der Waals surface area (Å²) in [6.45, 7) is 0. The van der Waals surface area contributed by atoms with Crippen molar-refractivity contribution in [3.63, 3.8) is 0 Å². The Morgan fingerprint density at radius 1 is 1.08 bits per heavy atom. The molecule has 0 saturated heterocycles. The van der Waals surface area contributed by atoms with Gasteiger partial charge in [-0.05, 0) is 49.0 Å². The zero-order valence-electron chi connectivity index (χ0n) is 13.2. The van der Waals surface area contributed by atoms with E-state index in [0.717, 1.165) is 28.8 Å². The number of hydrogen-bond donors (Lipinski definition) is 2. The molecular weight excluding hydrogens is 342 g/mol. The normalized spacial score (nSPS) is 28.7. The maximum Gasteiger partial charge on any atom is 0.182 e. The summed E-state index contributed by atoms with van der Waals surface area (Å²) in [5.74, 6) is 3.04. The minimum Gasteiger partial charge on any atom is -0.365 e. The summed E-state index contributed by atoms with van der Waals surface area (Å²) in [6.07, 6.45) is 8.70. The maximum absolute atomic E-state index is 4.48. The van der Waals surface area contributed by atoms with Crippen LogP contribution >= 0.6 is 23.7 Å². The van der Waals surface area contributed by atoms with E-state index in [1.807, 2.05) is 11.3 Å². The van der Waals surface area contributed by atoms with Gasteiger partial charge in [0.15, 0.2) is 11.5 Å². The highest BCUT2D eigenvalue weighted by Gasteiger charge is 2.45. The van der Waals surface area contributed by atoms with Crippen LogP contribution in [0.3, 0.4) is 0 Å². The Balaban J connectivity index is 0.00000146. The topological polar surface area (TPSA) is 66.5 Å². The quantitative estimate of drug-likeness (QED) is 0.733. The highest BCUT2D eigenvalue weighted by molar-refractivity contribution is 7.10. The van der Waals surface area contributed by atoms with Crippen LogP contribution in [0.15, 0.2) is 30.2 Å². The molecule has 2 unspecified atom stereocenters. The van der Waals surface area contributed by atoms with E-state index in [9.17, 15) is 0 Å². The molecule has 3 aromatic rings. The number of rotatable bonds is 3.